The summed E-state index contributed by atoms with van der Waals surface area (Å²) in [5, 5.41) is 0. The van der Waals surface area contributed by atoms with Gasteiger partial charge in [0, 0.05) is 6.42 Å². The van der Waals surface area contributed by atoms with Crippen molar-refractivity contribution < 1.29 is 27.0 Å². The first-order chi connectivity index (χ1) is 11.0. The molecule has 0 aromatic heterocycles. The Morgan fingerprint density at radius 3 is 2.26 bits per heavy atom. The summed E-state index contributed by atoms with van der Waals surface area (Å²) < 4.78 is 63.3. The molecule has 0 aliphatic heterocycles. The normalized spacial score (nSPS) is 16.0. The van der Waals surface area contributed by atoms with Gasteiger partial charge >= 0.3 is 0 Å². The highest BCUT2D eigenvalue weighted by Gasteiger charge is 2.27. The number of fused-ring (bicyclic) bond motifs is 1. The molecule has 122 valence electrons. The van der Waals surface area contributed by atoms with Crippen molar-refractivity contribution in [1.82, 2.24) is 0 Å². The lowest BCUT2D eigenvalue weighted by atomic mass is 9.85. The van der Waals surface area contributed by atoms with E-state index in [2.05, 4.69) is 15.9 Å². The van der Waals surface area contributed by atoms with E-state index >= 15 is 0 Å². The molecule has 0 saturated carbocycles. The summed E-state index contributed by atoms with van der Waals surface area (Å²) in [6.45, 7) is -0.190. The fourth-order valence-corrected chi connectivity index (χ4v) is 2.76. The van der Waals surface area contributed by atoms with Crippen LogP contribution in [0.5, 0.6) is 5.75 Å². The lowest BCUT2D eigenvalue weighted by Crippen LogP contribution is -2.22. The molecular formula is C16H11BrF4O2. The molecule has 2 aromatic rings. The topological polar surface area (TPSA) is 18.5 Å². The molecule has 0 amide bonds. The number of rotatable bonds is 5. The first kappa shape index (κ1) is 16.3. The van der Waals surface area contributed by atoms with E-state index in [1.807, 2.05) is 24.3 Å². The minimum absolute atomic E-state index is 0.0389. The summed E-state index contributed by atoms with van der Waals surface area (Å²) in [5.41, 5.74) is 2.25. The van der Waals surface area contributed by atoms with Crippen molar-refractivity contribution in [3.05, 3.63) is 63.1 Å². The minimum atomic E-state index is -1.58. The van der Waals surface area contributed by atoms with Gasteiger partial charge in [0.05, 0.1) is 17.2 Å². The zero-order chi connectivity index (χ0) is 16.6. The molecule has 0 fully saturated rings. The average Bonchev–Trinajstić information content (AvgIpc) is 2.54. The lowest BCUT2D eigenvalue weighted by Gasteiger charge is -2.29. The maximum atomic E-state index is 13.6. The fourth-order valence-electron chi connectivity index (χ4n) is 2.41. The second-order valence-corrected chi connectivity index (χ2v) is 5.80. The van der Waals surface area contributed by atoms with Crippen molar-refractivity contribution in [2.75, 3.05) is 13.2 Å². The van der Waals surface area contributed by atoms with Crippen LogP contribution in [0, 0.1) is 23.3 Å². The van der Waals surface area contributed by atoms with Crippen LogP contribution in [-0.2, 0) is 11.2 Å². The predicted molar refractivity (Wildman–Crippen MR) is 78.3 cm³/mol. The molecule has 1 atom stereocenters. The van der Waals surface area contributed by atoms with Crippen molar-refractivity contribution in [3.63, 3.8) is 0 Å². The molecule has 1 aliphatic rings. The van der Waals surface area contributed by atoms with Crippen LogP contribution in [0.15, 0.2) is 28.7 Å². The maximum Gasteiger partial charge on any atom is 0.205 e. The fraction of sp³-hybridized carbons (Fsp3) is 0.250. The summed E-state index contributed by atoms with van der Waals surface area (Å²) in [6.07, 6.45) is 0.656. The molecule has 23 heavy (non-hydrogen) atoms. The predicted octanol–water partition coefficient (Wildman–Crippen LogP) is 4.70. The molecule has 0 N–H and O–H groups in total. The Balaban J connectivity index is 1.58. The molecular weight excluding hydrogens is 380 g/mol. The van der Waals surface area contributed by atoms with Crippen molar-refractivity contribution in [3.8, 4) is 5.75 Å². The molecule has 7 heteroatoms. The Morgan fingerprint density at radius 1 is 0.957 bits per heavy atom. The van der Waals surface area contributed by atoms with Crippen LogP contribution in [0.3, 0.4) is 0 Å². The van der Waals surface area contributed by atoms with E-state index in [1.165, 1.54) is 5.56 Å². The molecule has 1 aliphatic carbocycles. The van der Waals surface area contributed by atoms with E-state index in [1.54, 1.807) is 0 Å². The molecule has 0 saturated heterocycles. The largest absolute Gasteiger partial charge is 0.485 e. The molecule has 2 nitrogen and oxygen atoms in total. The minimum Gasteiger partial charge on any atom is -0.485 e. The summed E-state index contributed by atoms with van der Waals surface area (Å²) in [4.78, 5) is 0. The number of halogens is 5. The Bertz CT molecular complexity index is 722. The first-order valence-corrected chi connectivity index (χ1v) is 7.63. The van der Waals surface area contributed by atoms with E-state index in [0.29, 0.717) is 0 Å². The molecule has 2 aromatic carbocycles. The summed E-state index contributed by atoms with van der Waals surface area (Å²) in [7, 11) is 0. The monoisotopic (exact) mass is 390 g/mol. The SMILES string of the molecule is Fc1c(F)c(OCCOC2Cc3ccccc32)c(F)c(F)c1Br. The van der Waals surface area contributed by atoms with Crippen LogP contribution < -0.4 is 4.74 Å². The zero-order valence-corrected chi connectivity index (χ0v) is 13.3. The average molecular weight is 391 g/mol. The molecule has 1 unspecified atom stereocenters. The number of ether oxygens (including phenoxy) is 2. The molecule has 0 bridgehead atoms. The van der Waals surface area contributed by atoms with E-state index in [0.717, 1.165) is 12.0 Å². The Morgan fingerprint density at radius 2 is 1.61 bits per heavy atom. The molecule has 0 radical (unpaired) electrons. The lowest BCUT2D eigenvalue weighted by molar-refractivity contribution is 0.0180. The van der Waals surface area contributed by atoms with E-state index in [-0.39, 0.29) is 19.3 Å². The summed E-state index contributed by atoms with van der Waals surface area (Å²) in [5.74, 6) is -7.31. The van der Waals surface area contributed by atoms with Crippen molar-refractivity contribution in [1.29, 1.82) is 0 Å². The molecule has 0 spiro atoms. The second-order valence-electron chi connectivity index (χ2n) is 5.01. The highest BCUT2D eigenvalue weighted by Crippen LogP contribution is 2.36. The number of hydrogen-bond donors (Lipinski definition) is 0. The van der Waals surface area contributed by atoms with Crippen LogP contribution >= 0.6 is 15.9 Å². The maximum absolute atomic E-state index is 13.6. The van der Waals surface area contributed by atoms with Crippen molar-refractivity contribution in [2.45, 2.75) is 12.5 Å². The Hall–Kier alpha value is -1.60. The third-order valence-corrected chi connectivity index (χ3v) is 4.32. The number of benzene rings is 2. The molecule has 0 heterocycles. The highest BCUT2D eigenvalue weighted by molar-refractivity contribution is 9.10. The molecule has 3 rings (SSSR count). The van der Waals surface area contributed by atoms with Gasteiger partial charge in [-0.25, -0.2) is 8.78 Å². The van der Waals surface area contributed by atoms with Crippen LogP contribution in [0.4, 0.5) is 17.6 Å². The first-order valence-electron chi connectivity index (χ1n) is 6.84. The highest BCUT2D eigenvalue weighted by atomic mass is 79.9. The van der Waals surface area contributed by atoms with Gasteiger partial charge in [0.2, 0.25) is 11.6 Å². The Kier molecular flexibility index (Phi) is 4.59. The van der Waals surface area contributed by atoms with Crippen LogP contribution in [0.2, 0.25) is 0 Å². The Labute approximate surface area is 138 Å². The third-order valence-electron chi connectivity index (χ3n) is 3.63. The summed E-state index contributed by atoms with van der Waals surface area (Å²) in [6, 6.07) is 7.75. The smallest absolute Gasteiger partial charge is 0.205 e. The third kappa shape index (κ3) is 2.95. The van der Waals surface area contributed by atoms with Gasteiger partial charge in [-0.3, -0.25) is 0 Å². The zero-order valence-electron chi connectivity index (χ0n) is 11.7. The van der Waals surface area contributed by atoms with Crippen LogP contribution in [-0.4, -0.2) is 13.2 Å². The van der Waals surface area contributed by atoms with Gasteiger partial charge in [0.25, 0.3) is 0 Å². The van der Waals surface area contributed by atoms with E-state index in [9.17, 15) is 17.6 Å². The van der Waals surface area contributed by atoms with Gasteiger partial charge in [-0.2, -0.15) is 8.78 Å². The van der Waals surface area contributed by atoms with Crippen molar-refractivity contribution >= 4 is 15.9 Å². The standard InChI is InChI=1S/C16H11BrF4O2/c17-11-12(18)14(20)16(15(21)13(11)19)23-6-5-22-10-7-8-3-1-2-4-9(8)10/h1-4,10H,5-7H2. The van der Waals surface area contributed by atoms with Gasteiger partial charge < -0.3 is 9.47 Å². The van der Waals surface area contributed by atoms with Gasteiger partial charge in [-0.15, -0.1) is 0 Å². The number of hydrogen-bond acceptors (Lipinski definition) is 2. The quantitative estimate of drug-likeness (QED) is 0.319. The van der Waals surface area contributed by atoms with Gasteiger partial charge in [0.15, 0.2) is 17.4 Å². The van der Waals surface area contributed by atoms with Gasteiger partial charge in [-0.05, 0) is 27.1 Å². The van der Waals surface area contributed by atoms with E-state index in [4.69, 9.17) is 9.47 Å². The van der Waals surface area contributed by atoms with Gasteiger partial charge in [0.1, 0.15) is 6.61 Å². The van der Waals surface area contributed by atoms with Gasteiger partial charge in [-0.1, -0.05) is 24.3 Å². The van der Waals surface area contributed by atoms with Crippen LogP contribution in [0.25, 0.3) is 0 Å². The van der Waals surface area contributed by atoms with Crippen LogP contribution in [0.1, 0.15) is 17.2 Å². The van der Waals surface area contributed by atoms with E-state index < -0.39 is 33.5 Å². The summed E-state index contributed by atoms with van der Waals surface area (Å²) >= 11 is 2.44. The van der Waals surface area contributed by atoms with Crippen molar-refractivity contribution in [2.24, 2.45) is 0 Å². The second kappa shape index (κ2) is 6.49.